The van der Waals surface area contributed by atoms with Crippen LogP contribution in [0.4, 0.5) is 5.69 Å². The third-order valence-corrected chi connectivity index (χ3v) is 2.59. The second kappa shape index (κ2) is 6.19. The Kier molecular flexibility index (Phi) is 4.89. The number of benzene rings is 1. The third-order valence-electron chi connectivity index (χ3n) is 2.59. The SMILES string of the molecule is CC(=O)NC(C(=O)Nc1cccc(C)c1)C(C)C. The van der Waals surface area contributed by atoms with Crippen LogP contribution in [0.5, 0.6) is 0 Å². The molecule has 0 aliphatic rings. The van der Waals surface area contributed by atoms with Gasteiger partial charge >= 0.3 is 0 Å². The fraction of sp³-hybridized carbons (Fsp3) is 0.429. The summed E-state index contributed by atoms with van der Waals surface area (Å²) in [6.07, 6.45) is 0. The van der Waals surface area contributed by atoms with Gasteiger partial charge in [0.2, 0.25) is 11.8 Å². The Morgan fingerprint density at radius 1 is 1.22 bits per heavy atom. The molecule has 0 fully saturated rings. The van der Waals surface area contributed by atoms with Crippen LogP contribution in [0.2, 0.25) is 0 Å². The maximum atomic E-state index is 12.1. The van der Waals surface area contributed by atoms with Gasteiger partial charge in [-0.25, -0.2) is 0 Å². The van der Waals surface area contributed by atoms with Crippen LogP contribution in [0.3, 0.4) is 0 Å². The smallest absolute Gasteiger partial charge is 0.247 e. The molecule has 4 nitrogen and oxygen atoms in total. The molecule has 0 spiro atoms. The van der Waals surface area contributed by atoms with E-state index in [1.54, 1.807) is 0 Å². The van der Waals surface area contributed by atoms with Crippen molar-refractivity contribution < 1.29 is 9.59 Å². The van der Waals surface area contributed by atoms with Crippen LogP contribution in [-0.2, 0) is 9.59 Å². The molecule has 1 aromatic rings. The quantitative estimate of drug-likeness (QED) is 0.857. The minimum absolute atomic E-state index is 0.0405. The van der Waals surface area contributed by atoms with Crippen LogP contribution in [-0.4, -0.2) is 17.9 Å². The Hall–Kier alpha value is -1.84. The number of carbonyl (C=O) groups is 2. The summed E-state index contributed by atoms with van der Waals surface area (Å²) in [7, 11) is 0. The van der Waals surface area contributed by atoms with Crippen molar-refractivity contribution >= 4 is 17.5 Å². The van der Waals surface area contributed by atoms with Gasteiger partial charge in [-0.2, -0.15) is 0 Å². The maximum Gasteiger partial charge on any atom is 0.247 e. The number of carbonyl (C=O) groups excluding carboxylic acids is 2. The fourth-order valence-corrected chi connectivity index (χ4v) is 1.70. The van der Waals surface area contributed by atoms with Gasteiger partial charge in [-0.05, 0) is 30.5 Å². The van der Waals surface area contributed by atoms with E-state index in [0.717, 1.165) is 11.3 Å². The molecule has 1 rings (SSSR count). The topological polar surface area (TPSA) is 58.2 Å². The highest BCUT2D eigenvalue weighted by Crippen LogP contribution is 2.11. The van der Waals surface area contributed by atoms with Gasteiger partial charge in [0.25, 0.3) is 0 Å². The number of aryl methyl sites for hydroxylation is 1. The standard InChI is InChI=1S/C14H20N2O2/c1-9(2)13(15-11(4)17)14(18)16-12-7-5-6-10(3)8-12/h5-9,13H,1-4H3,(H,15,17)(H,16,18). The molecule has 0 bridgehead atoms. The molecule has 0 aliphatic carbocycles. The Balaban J connectivity index is 2.75. The average molecular weight is 248 g/mol. The summed E-state index contributed by atoms with van der Waals surface area (Å²) in [5.74, 6) is -0.349. The summed E-state index contributed by atoms with van der Waals surface area (Å²) in [6.45, 7) is 7.17. The lowest BCUT2D eigenvalue weighted by molar-refractivity contribution is -0.126. The molecule has 0 aromatic heterocycles. The molecule has 1 aromatic carbocycles. The van der Waals surface area contributed by atoms with Gasteiger partial charge in [-0.3, -0.25) is 9.59 Å². The highest BCUT2D eigenvalue weighted by atomic mass is 16.2. The van der Waals surface area contributed by atoms with Crippen molar-refractivity contribution in [3.8, 4) is 0 Å². The van der Waals surface area contributed by atoms with Gasteiger partial charge in [-0.1, -0.05) is 26.0 Å². The maximum absolute atomic E-state index is 12.1. The molecule has 0 saturated heterocycles. The Morgan fingerprint density at radius 3 is 2.39 bits per heavy atom. The fourth-order valence-electron chi connectivity index (χ4n) is 1.70. The van der Waals surface area contributed by atoms with Crippen LogP contribution in [0.15, 0.2) is 24.3 Å². The van der Waals surface area contributed by atoms with E-state index >= 15 is 0 Å². The Bertz CT molecular complexity index is 441. The molecule has 0 saturated carbocycles. The van der Waals surface area contributed by atoms with E-state index in [0.29, 0.717) is 0 Å². The lowest BCUT2D eigenvalue weighted by Crippen LogP contribution is -2.46. The third kappa shape index (κ3) is 4.20. The summed E-state index contributed by atoms with van der Waals surface area (Å²) in [5, 5.41) is 5.48. The number of anilines is 1. The van der Waals surface area contributed by atoms with E-state index in [4.69, 9.17) is 0 Å². The average Bonchev–Trinajstić information content (AvgIpc) is 2.25. The van der Waals surface area contributed by atoms with E-state index in [1.807, 2.05) is 45.0 Å². The number of amides is 2. The lowest BCUT2D eigenvalue weighted by Gasteiger charge is -2.21. The van der Waals surface area contributed by atoms with E-state index in [1.165, 1.54) is 6.92 Å². The van der Waals surface area contributed by atoms with Crippen LogP contribution < -0.4 is 10.6 Å². The van der Waals surface area contributed by atoms with E-state index in [9.17, 15) is 9.59 Å². The van der Waals surface area contributed by atoms with Crippen molar-refractivity contribution in [2.45, 2.75) is 33.7 Å². The molecule has 2 amide bonds. The number of nitrogens with one attached hydrogen (secondary N) is 2. The van der Waals surface area contributed by atoms with Crippen molar-refractivity contribution in [1.29, 1.82) is 0 Å². The molecule has 4 heteroatoms. The predicted octanol–water partition coefficient (Wildman–Crippen LogP) is 2.09. The molecule has 0 aliphatic heterocycles. The number of hydrogen-bond donors (Lipinski definition) is 2. The molecular weight excluding hydrogens is 228 g/mol. The first-order chi connectivity index (χ1) is 8.40. The molecule has 18 heavy (non-hydrogen) atoms. The molecule has 0 heterocycles. The first-order valence-corrected chi connectivity index (χ1v) is 6.04. The zero-order chi connectivity index (χ0) is 13.7. The lowest BCUT2D eigenvalue weighted by atomic mass is 10.0. The van der Waals surface area contributed by atoms with E-state index in [2.05, 4.69) is 10.6 Å². The van der Waals surface area contributed by atoms with E-state index < -0.39 is 6.04 Å². The van der Waals surface area contributed by atoms with Crippen molar-refractivity contribution in [2.24, 2.45) is 5.92 Å². The molecule has 1 unspecified atom stereocenters. The monoisotopic (exact) mass is 248 g/mol. The van der Waals surface area contributed by atoms with Gasteiger partial charge < -0.3 is 10.6 Å². The first kappa shape index (κ1) is 14.2. The summed E-state index contributed by atoms with van der Waals surface area (Å²) in [6, 6.07) is 7.05. The summed E-state index contributed by atoms with van der Waals surface area (Å²) >= 11 is 0. The van der Waals surface area contributed by atoms with Crippen molar-refractivity contribution in [3.05, 3.63) is 29.8 Å². The molecule has 0 radical (unpaired) electrons. The molecule has 98 valence electrons. The van der Waals surface area contributed by atoms with Gasteiger partial charge in [-0.15, -0.1) is 0 Å². The zero-order valence-corrected chi connectivity index (χ0v) is 11.3. The number of hydrogen-bond acceptors (Lipinski definition) is 2. The highest BCUT2D eigenvalue weighted by molar-refractivity contribution is 5.97. The van der Waals surface area contributed by atoms with Crippen LogP contribution in [0.25, 0.3) is 0 Å². The minimum atomic E-state index is -0.511. The summed E-state index contributed by atoms with van der Waals surface area (Å²) < 4.78 is 0. The summed E-state index contributed by atoms with van der Waals surface area (Å²) in [5.41, 5.74) is 1.82. The largest absolute Gasteiger partial charge is 0.344 e. The highest BCUT2D eigenvalue weighted by Gasteiger charge is 2.22. The Morgan fingerprint density at radius 2 is 1.89 bits per heavy atom. The summed E-state index contributed by atoms with van der Waals surface area (Å²) in [4.78, 5) is 23.2. The molecule has 2 N–H and O–H groups in total. The molecule has 1 atom stereocenters. The van der Waals surface area contributed by atoms with Crippen LogP contribution in [0, 0.1) is 12.8 Å². The zero-order valence-electron chi connectivity index (χ0n) is 11.3. The van der Waals surface area contributed by atoms with Gasteiger partial charge in [0.15, 0.2) is 0 Å². The minimum Gasteiger partial charge on any atom is -0.344 e. The van der Waals surface area contributed by atoms with E-state index in [-0.39, 0.29) is 17.7 Å². The van der Waals surface area contributed by atoms with Crippen molar-refractivity contribution in [2.75, 3.05) is 5.32 Å². The predicted molar refractivity (Wildman–Crippen MR) is 72.3 cm³/mol. The normalized spacial score (nSPS) is 12.1. The first-order valence-electron chi connectivity index (χ1n) is 6.04. The van der Waals surface area contributed by atoms with Crippen molar-refractivity contribution in [1.82, 2.24) is 5.32 Å². The second-order valence-electron chi connectivity index (χ2n) is 4.78. The Labute approximate surface area is 108 Å². The van der Waals surface area contributed by atoms with Crippen LogP contribution >= 0.6 is 0 Å². The van der Waals surface area contributed by atoms with Gasteiger partial charge in [0.1, 0.15) is 6.04 Å². The molecular formula is C14H20N2O2. The van der Waals surface area contributed by atoms with Crippen molar-refractivity contribution in [3.63, 3.8) is 0 Å². The van der Waals surface area contributed by atoms with Gasteiger partial charge in [0.05, 0.1) is 0 Å². The van der Waals surface area contributed by atoms with Crippen LogP contribution in [0.1, 0.15) is 26.3 Å². The second-order valence-corrected chi connectivity index (χ2v) is 4.78. The number of rotatable bonds is 4. The van der Waals surface area contributed by atoms with Gasteiger partial charge in [0, 0.05) is 12.6 Å².